The second-order valence-corrected chi connectivity index (χ2v) is 17.6. The molecule has 3 heterocycles. The number of hydrogen-bond acceptors (Lipinski definition) is 5. The van der Waals surface area contributed by atoms with Crippen molar-refractivity contribution in [2.45, 2.75) is 173 Å². The fourth-order valence-electron chi connectivity index (χ4n) is 13.4. The monoisotopic (exact) mass is 618 g/mol. The standard InChI is InChI=1S/C40H58O5/c1-5-12-28-34-36(38(2,3)39(4)35(28)27-17-10-11-18-29(27)42-39)40(45-37(34)41)43-30-21-19-23-13-6-8-15-25(23)32(30)33-26-16-9-7-14-24(26)20-22-31(33)44-40/h23-27,29-33H,5-22H2,1-4H3/t23?,24?,25?,26?,27?,29?,30?,31?,32?,33?,39-,40?/m1/s1. The lowest BCUT2D eigenvalue weighted by Crippen LogP contribution is -2.55. The highest BCUT2D eigenvalue weighted by Crippen LogP contribution is 2.67. The van der Waals surface area contributed by atoms with Gasteiger partial charge in [-0.25, -0.2) is 4.79 Å². The lowest BCUT2D eigenvalue weighted by atomic mass is 9.53. The first-order valence-corrected chi connectivity index (χ1v) is 19.5. The minimum Gasteiger partial charge on any atom is -0.400 e. The Morgan fingerprint density at radius 1 is 0.667 bits per heavy atom. The lowest BCUT2D eigenvalue weighted by molar-refractivity contribution is -0.363. The van der Waals surface area contributed by atoms with E-state index in [0.29, 0.717) is 17.8 Å². The van der Waals surface area contributed by atoms with Gasteiger partial charge in [0.2, 0.25) is 0 Å². The Hall–Kier alpha value is -1.17. The number of fused-ring (bicyclic) bond motifs is 11. The first-order valence-electron chi connectivity index (χ1n) is 19.5. The van der Waals surface area contributed by atoms with Gasteiger partial charge in [0.15, 0.2) is 0 Å². The molecule has 0 bridgehead atoms. The van der Waals surface area contributed by atoms with Crippen LogP contribution < -0.4 is 0 Å². The van der Waals surface area contributed by atoms with Gasteiger partial charge in [-0.15, -0.1) is 0 Å². The Labute approximate surface area is 271 Å². The van der Waals surface area contributed by atoms with Crippen molar-refractivity contribution in [1.29, 1.82) is 0 Å². The molecule has 45 heavy (non-hydrogen) atoms. The van der Waals surface area contributed by atoms with Gasteiger partial charge in [-0.3, -0.25) is 0 Å². The third-order valence-electron chi connectivity index (χ3n) is 15.4. The van der Waals surface area contributed by atoms with E-state index in [1.54, 1.807) is 0 Å². The van der Waals surface area contributed by atoms with E-state index < -0.39 is 17.0 Å². The molecule has 7 fully saturated rings. The molecule has 6 aliphatic carbocycles. The van der Waals surface area contributed by atoms with Gasteiger partial charge >= 0.3 is 11.9 Å². The highest BCUT2D eigenvalue weighted by atomic mass is 16.9. The quantitative estimate of drug-likeness (QED) is 0.289. The summed E-state index contributed by atoms with van der Waals surface area (Å²) in [6.45, 7) is 9.21. The zero-order valence-corrected chi connectivity index (χ0v) is 28.5. The summed E-state index contributed by atoms with van der Waals surface area (Å²) in [6.07, 6.45) is 22.6. The van der Waals surface area contributed by atoms with Crippen LogP contribution in [-0.4, -0.2) is 35.9 Å². The zero-order valence-electron chi connectivity index (χ0n) is 28.5. The van der Waals surface area contributed by atoms with Crippen molar-refractivity contribution in [3.63, 3.8) is 0 Å². The largest absolute Gasteiger partial charge is 0.400 e. The molecule has 0 amide bonds. The number of carbonyl (C=O) groups excluding carboxylic acids is 1. The average Bonchev–Trinajstić information content (AvgIpc) is 3.45. The van der Waals surface area contributed by atoms with Crippen LogP contribution in [0, 0.1) is 46.8 Å². The fourth-order valence-corrected chi connectivity index (χ4v) is 13.4. The molecule has 5 saturated carbocycles. The van der Waals surface area contributed by atoms with Crippen LogP contribution in [0.2, 0.25) is 0 Å². The molecule has 5 nitrogen and oxygen atoms in total. The van der Waals surface area contributed by atoms with Crippen molar-refractivity contribution in [2.75, 3.05) is 0 Å². The number of rotatable bonds is 2. The smallest absolute Gasteiger partial charge is 0.356 e. The fraction of sp³-hybridized carbons (Fsp3) is 0.875. The van der Waals surface area contributed by atoms with Crippen molar-refractivity contribution >= 4 is 5.97 Å². The first-order chi connectivity index (χ1) is 21.8. The molecule has 9 rings (SSSR count). The Balaban J connectivity index is 1.20. The highest BCUT2D eigenvalue weighted by Gasteiger charge is 2.71. The summed E-state index contributed by atoms with van der Waals surface area (Å²) in [5.74, 6) is 2.86. The predicted molar refractivity (Wildman–Crippen MR) is 173 cm³/mol. The molecular formula is C40H58O5. The third-order valence-corrected chi connectivity index (χ3v) is 15.4. The van der Waals surface area contributed by atoms with Gasteiger partial charge < -0.3 is 18.9 Å². The van der Waals surface area contributed by atoms with Crippen LogP contribution in [0.1, 0.15) is 143 Å². The van der Waals surface area contributed by atoms with E-state index in [4.69, 9.17) is 18.9 Å². The maximum atomic E-state index is 14.5. The van der Waals surface area contributed by atoms with E-state index >= 15 is 0 Å². The van der Waals surface area contributed by atoms with Crippen LogP contribution in [0.5, 0.6) is 0 Å². The van der Waals surface area contributed by atoms with Crippen LogP contribution >= 0.6 is 0 Å². The molecule has 0 radical (unpaired) electrons. The van der Waals surface area contributed by atoms with Gasteiger partial charge in [0.25, 0.3) is 0 Å². The normalized spacial score (nSPS) is 50.0. The highest BCUT2D eigenvalue weighted by molar-refractivity contribution is 5.99. The summed E-state index contributed by atoms with van der Waals surface area (Å²) in [7, 11) is 0. The van der Waals surface area contributed by atoms with E-state index in [0.717, 1.165) is 73.3 Å². The van der Waals surface area contributed by atoms with Crippen LogP contribution in [0.25, 0.3) is 0 Å². The molecule has 0 aromatic carbocycles. The molecule has 0 N–H and O–H groups in total. The van der Waals surface area contributed by atoms with Crippen molar-refractivity contribution in [2.24, 2.45) is 46.8 Å². The van der Waals surface area contributed by atoms with Gasteiger partial charge in [-0.05, 0) is 111 Å². The van der Waals surface area contributed by atoms with Crippen LogP contribution in [-0.2, 0) is 23.7 Å². The Morgan fingerprint density at radius 2 is 1.24 bits per heavy atom. The molecule has 1 spiro atoms. The molecule has 248 valence electrons. The minimum atomic E-state index is -1.44. The molecule has 0 aromatic rings. The molecular weight excluding hydrogens is 560 g/mol. The average molecular weight is 619 g/mol. The van der Waals surface area contributed by atoms with Gasteiger partial charge in [-0.1, -0.05) is 78.6 Å². The summed E-state index contributed by atoms with van der Waals surface area (Å²) in [6, 6.07) is 0. The second-order valence-electron chi connectivity index (χ2n) is 17.6. The number of esters is 1. The minimum absolute atomic E-state index is 0.0790. The molecule has 5 heteroatoms. The first kappa shape index (κ1) is 29.9. The van der Waals surface area contributed by atoms with Gasteiger partial charge in [-0.2, -0.15) is 0 Å². The van der Waals surface area contributed by atoms with E-state index in [2.05, 4.69) is 27.7 Å². The summed E-state index contributed by atoms with van der Waals surface area (Å²) in [5.41, 5.74) is 3.37. The maximum Gasteiger partial charge on any atom is 0.356 e. The predicted octanol–water partition coefficient (Wildman–Crippen LogP) is 9.19. The number of carbonyl (C=O) groups is 1. The molecule has 0 aromatic heterocycles. The second kappa shape index (κ2) is 10.7. The van der Waals surface area contributed by atoms with E-state index in [1.165, 1.54) is 88.2 Å². The topological polar surface area (TPSA) is 54.0 Å². The van der Waals surface area contributed by atoms with Crippen molar-refractivity contribution < 1.29 is 23.7 Å². The lowest BCUT2D eigenvalue weighted by Gasteiger charge is -2.53. The Morgan fingerprint density at radius 3 is 1.87 bits per heavy atom. The molecule has 9 aliphatic rings. The van der Waals surface area contributed by atoms with Gasteiger partial charge in [0.1, 0.15) is 0 Å². The summed E-state index contributed by atoms with van der Waals surface area (Å²) < 4.78 is 28.9. The van der Waals surface area contributed by atoms with E-state index in [-0.39, 0.29) is 24.3 Å². The molecule has 2 saturated heterocycles. The van der Waals surface area contributed by atoms with Crippen molar-refractivity contribution in [1.82, 2.24) is 0 Å². The summed E-state index contributed by atoms with van der Waals surface area (Å²) >= 11 is 0. The summed E-state index contributed by atoms with van der Waals surface area (Å²) in [5, 5.41) is 0. The third kappa shape index (κ3) is 4.11. The zero-order chi connectivity index (χ0) is 30.7. The molecule has 10 unspecified atom stereocenters. The maximum absolute atomic E-state index is 14.5. The Bertz CT molecular complexity index is 1250. The number of ether oxygens (including phenoxy) is 4. The van der Waals surface area contributed by atoms with E-state index in [1.807, 2.05) is 0 Å². The molecule has 3 aliphatic heterocycles. The van der Waals surface area contributed by atoms with E-state index in [9.17, 15) is 4.79 Å². The van der Waals surface area contributed by atoms with Crippen LogP contribution in [0.3, 0.4) is 0 Å². The van der Waals surface area contributed by atoms with Crippen LogP contribution in [0.4, 0.5) is 0 Å². The Kier molecular flexibility index (Phi) is 7.09. The van der Waals surface area contributed by atoms with Crippen molar-refractivity contribution in [3.8, 4) is 0 Å². The summed E-state index contributed by atoms with van der Waals surface area (Å²) in [4.78, 5) is 14.5. The van der Waals surface area contributed by atoms with Gasteiger partial charge in [0, 0.05) is 11.3 Å². The van der Waals surface area contributed by atoms with Crippen molar-refractivity contribution in [3.05, 3.63) is 22.3 Å². The van der Waals surface area contributed by atoms with Gasteiger partial charge in [0.05, 0.1) is 35.1 Å². The van der Waals surface area contributed by atoms with Crippen LogP contribution in [0.15, 0.2) is 22.3 Å². The SMILES string of the molecule is CCCC1=C2C3CCCCC3O[C@@]2(C)C(C)(C)C2=C1C(=O)OC21OC2CCC3CCCCC3C2C2C(CCC3CCCCC32)O1. The number of hydrogen-bond donors (Lipinski definition) is 0. The molecule has 11 atom stereocenters.